The minimum absolute atomic E-state index is 0.142. The molecule has 0 bridgehead atoms. The number of nitrogens with zero attached hydrogens (tertiary/aromatic N) is 3. The number of benzene rings is 1. The third-order valence-corrected chi connectivity index (χ3v) is 5.99. The molecular formula is C21H26N4O4. The van der Waals surface area contributed by atoms with Crippen molar-refractivity contribution in [3.63, 3.8) is 0 Å². The van der Waals surface area contributed by atoms with Gasteiger partial charge in [0.15, 0.2) is 0 Å². The molecule has 0 radical (unpaired) electrons. The van der Waals surface area contributed by atoms with Crippen LogP contribution in [-0.4, -0.2) is 68.7 Å². The second-order valence-corrected chi connectivity index (χ2v) is 8.32. The van der Waals surface area contributed by atoms with E-state index in [9.17, 15) is 14.7 Å². The number of rotatable bonds is 2. The van der Waals surface area contributed by atoms with Crippen LogP contribution in [0.1, 0.15) is 43.6 Å². The van der Waals surface area contributed by atoms with Gasteiger partial charge in [-0.25, -0.2) is 4.98 Å². The van der Waals surface area contributed by atoms with E-state index in [-0.39, 0.29) is 18.4 Å². The van der Waals surface area contributed by atoms with E-state index >= 15 is 0 Å². The Morgan fingerprint density at radius 3 is 2.59 bits per heavy atom. The van der Waals surface area contributed by atoms with Crippen molar-refractivity contribution in [3.8, 4) is 0 Å². The number of fused-ring (bicyclic) bond motifs is 1. The number of nitrogens with one attached hydrogen (secondary N) is 1. The number of aliphatic hydroxyl groups is 1. The molecule has 2 N–H and O–H groups in total. The molecule has 8 heteroatoms. The average molecular weight is 398 g/mol. The van der Waals surface area contributed by atoms with Gasteiger partial charge in [0.1, 0.15) is 5.69 Å². The Morgan fingerprint density at radius 1 is 1.24 bits per heavy atom. The summed E-state index contributed by atoms with van der Waals surface area (Å²) in [5.74, 6) is -0.330. The molecule has 1 aromatic heterocycles. The number of piperidine rings is 1. The maximum atomic E-state index is 12.9. The molecule has 2 amide bonds. The van der Waals surface area contributed by atoms with Crippen molar-refractivity contribution < 1.29 is 19.4 Å². The number of carbonyl (C=O) groups is 2. The van der Waals surface area contributed by atoms with E-state index in [4.69, 9.17) is 4.74 Å². The van der Waals surface area contributed by atoms with Gasteiger partial charge in [0.25, 0.3) is 5.91 Å². The maximum Gasteiger partial charge on any atom is 0.274 e. The van der Waals surface area contributed by atoms with E-state index in [1.165, 1.54) is 13.1 Å². The van der Waals surface area contributed by atoms with Crippen LogP contribution in [-0.2, 0) is 9.53 Å². The first-order chi connectivity index (χ1) is 13.8. The van der Waals surface area contributed by atoms with Gasteiger partial charge in [0.05, 0.1) is 41.1 Å². The largest absolute Gasteiger partial charge is 0.388 e. The lowest BCUT2D eigenvalue weighted by Gasteiger charge is -2.51. The molecule has 2 aromatic rings. The third kappa shape index (κ3) is 3.95. The number of carbonyl (C=O) groups excluding carboxylic acids is 2. The second-order valence-electron chi connectivity index (χ2n) is 8.32. The molecule has 2 atom stereocenters. The molecule has 2 aliphatic heterocycles. The number of ether oxygens (including phenoxy) is 1. The maximum absolute atomic E-state index is 12.9. The van der Waals surface area contributed by atoms with Crippen LogP contribution in [0.4, 0.5) is 0 Å². The molecule has 0 saturated carbocycles. The first-order valence-corrected chi connectivity index (χ1v) is 9.93. The molecule has 1 aromatic carbocycles. The first kappa shape index (κ1) is 19.7. The molecule has 4 rings (SSSR count). The van der Waals surface area contributed by atoms with E-state index in [0.717, 1.165) is 5.52 Å². The molecule has 29 heavy (non-hydrogen) atoms. The molecule has 8 nitrogen and oxygen atoms in total. The van der Waals surface area contributed by atoms with Gasteiger partial charge >= 0.3 is 0 Å². The summed E-state index contributed by atoms with van der Waals surface area (Å²) in [7, 11) is 0. The average Bonchev–Trinajstić information content (AvgIpc) is 2.69. The zero-order chi connectivity index (χ0) is 20.6. The summed E-state index contributed by atoms with van der Waals surface area (Å²) in [6.45, 7) is 4.47. The van der Waals surface area contributed by atoms with E-state index in [0.29, 0.717) is 43.6 Å². The summed E-state index contributed by atoms with van der Waals surface area (Å²) in [4.78, 5) is 34.8. The Morgan fingerprint density at radius 2 is 1.93 bits per heavy atom. The van der Waals surface area contributed by atoms with E-state index in [1.54, 1.807) is 11.8 Å². The molecule has 2 saturated heterocycles. The number of para-hydroxylation sites is 2. The molecule has 2 aliphatic rings. The summed E-state index contributed by atoms with van der Waals surface area (Å²) < 4.78 is 6.11. The Balaban J connectivity index is 1.42. The quantitative estimate of drug-likeness (QED) is 0.790. The Kier molecular flexibility index (Phi) is 5.00. The van der Waals surface area contributed by atoms with E-state index in [1.807, 2.05) is 24.3 Å². The van der Waals surface area contributed by atoms with E-state index in [2.05, 4.69) is 15.3 Å². The van der Waals surface area contributed by atoms with Crippen LogP contribution in [0.15, 0.2) is 30.5 Å². The topological polar surface area (TPSA) is 105 Å². The summed E-state index contributed by atoms with van der Waals surface area (Å²) in [6, 6.07) is 7.03. The van der Waals surface area contributed by atoms with Crippen LogP contribution in [0, 0.1) is 0 Å². The van der Waals surface area contributed by atoms with Crippen molar-refractivity contribution in [2.75, 3.05) is 19.7 Å². The minimum atomic E-state index is -1.06. The molecule has 0 aliphatic carbocycles. The number of hydrogen-bond acceptors (Lipinski definition) is 6. The highest BCUT2D eigenvalue weighted by atomic mass is 16.5. The van der Waals surface area contributed by atoms with Gasteiger partial charge < -0.3 is 20.1 Å². The van der Waals surface area contributed by atoms with E-state index < -0.39 is 17.2 Å². The number of amides is 2. The Bertz CT molecular complexity index is 937. The van der Waals surface area contributed by atoms with Crippen LogP contribution in [0.2, 0.25) is 0 Å². The third-order valence-electron chi connectivity index (χ3n) is 5.99. The zero-order valence-electron chi connectivity index (χ0n) is 16.7. The summed E-state index contributed by atoms with van der Waals surface area (Å²) in [5, 5.41) is 13.6. The zero-order valence-corrected chi connectivity index (χ0v) is 16.7. The van der Waals surface area contributed by atoms with Crippen LogP contribution in [0.5, 0.6) is 0 Å². The molecule has 0 unspecified atom stereocenters. The number of likely N-dealkylation sites (tertiary alicyclic amines) is 1. The number of aromatic nitrogens is 2. The fourth-order valence-electron chi connectivity index (χ4n) is 4.37. The van der Waals surface area contributed by atoms with Crippen molar-refractivity contribution >= 4 is 22.8 Å². The van der Waals surface area contributed by atoms with Gasteiger partial charge in [-0.15, -0.1) is 0 Å². The summed E-state index contributed by atoms with van der Waals surface area (Å²) >= 11 is 0. The SMILES string of the molecule is CC(=O)N[C@H]1COC2(CCN(C(=O)c3cnc4ccccc4n3)CC2)C[C@]1(C)O. The van der Waals surface area contributed by atoms with Gasteiger partial charge in [-0.05, 0) is 31.9 Å². The van der Waals surface area contributed by atoms with Crippen molar-refractivity contribution in [3.05, 3.63) is 36.2 Å². The van der Waals surface area contributed by atoms with Gasteiger partial charge in [0, 0.05) is 26.4 Å². The molecule has 1 spiro atoms. The van der Waals surface area contributed by atoms with Crippen LogP contribution < -0.4 is 5.32 Å². The molecular weight excluding hydrogens is 372 g/mol. The molecule has 3 heterocycles. The van der Waals surface area contributed by atoms with Crippen molar-refractivity contribution in [2.24, 2.45) is 0 Å². The monoisotopic (exact) mass is 398 g/mol. The Labute approximate surface area is 169 Å². The van der Waals surface area contributed by atoms with Gasteiger partial charge in [-0.1, -0.05) is 12.1 Å². The predicted octanol–water partition coefficient (Wildman–Crippen LogP) is 1.28. The highest BCUT2D eigenvalue weighted by molar-refractivity contribution is 5.93. The predicted molar refractivity (Wildman–Crippen MR) is 106 cm³/mol. The Hall–Kier alpha value is -2.58. The smallest absolute Gasteiger partial charge is 0.274 e. The van der Waals surface area contributed by atoms with Gasteiger partial charge in [0.2, 0.25) is 5.91 Å². The standard InChI is InChI=1S/C21H26N4O4/c1-14(26)23-18-12-29-21(13-20(18,2)28)7-9-25(10-8-21)19(27)17-11-22-15-5-3-4-6-16(15)24-17/h3-6,11,18,28H,7-10,12-13H2,1-2H3,(H,23,26)/t18-,20-/m0/s1. The fourth-order valence-corrected chi connectivity index (χ4v) is 4.37. The van der Waals surface area contributed by atoms with Crippen molar-refractivity contribution in [2.45, 2.75) is 50.4 Å². The highest BCUT2D eigenvalue weighted by Crippen LogP contribution is 2.39. The van der Waals surface area contributed by atoms with Gasteiger partial charge in [-0.2, -0.15) is 0 Å². The minimum Gasteiger partial charge on any atom is -0.388 e. The van der Waals surface area contributed by atoms with Crippen molar-refractivity contribution in [1.29, 1.82) is 0 Å². The van der Waals surface area contributed by atoms with Gasteiger partial charge in [-0.3, -0.25) is 14.6 Å². The van der Waals surface area contributed by atoms with Crippen LogP contribution >= 0.6 is 0 Å². The summed E-state index contributed by atoms with van der Waals surface area (Å²) in [6.07, 6.45) is 3.20. The first-order valence-electron chi connectivity index (χ1n) is 9.93. The molecule has 154 valence electrons. The van der Waals surface area contributed by atoms with Crippen LogP contribution in [0.3, 0.4) is 0 Å². The lowest BCUT2D eigenvalue weighted by atomic mass is 9.75. The molecule has 2 fully saturated rings. The van der Waals surface area contributed by atoms with Crippen LogP contribution in [0.25, 0.3) is 11.0 Å². The summed E-state index contributed by atoms with van der Waals surface area (Å²) in [5.41, 5.74) is 0.252. The van der Waals surface area contributed by atoms with Crippen molar-refractivity contribution in [1.82, 2.24) is 20.2 Å². The lowest BCUT2D eigenvalue weighted by molar-refractivity contribution is -0.187. The normalized spacial score (nSPS) is 26.4. The highest BCUT2D eigenvalue weighted by Gasteiger charge is 2.49. The fraction of sp³-hybridized carbons (Fsp3) is 0.524. The number of hydrogen-bond donors (Lipinski definition) is 2. The lowest BCUT2D eigenvalue weighted by Crippen LogP contribution is -2.64. The second kappa shape index (κ2) is 7.35.